The van der Waals surface area contributed by atoms with Gasteiger partial charge in [-0.3, -0.25) is 0 Å². The molecule has 0 spiro atoms. The summed E-state index contributed by atoms with van der Waals surface area (Å²) in [5, 5.41) is 0. The van der Waals surface area contributed by atoms with Crippen LogP contribution in [0.3, 0.4) is 0 Å². The molecule has 0 bridgehead atoms. The molecule has 0 fully saturated rings. The first-order valence-corrected chi connectivity index (χ1v) is 4.90. The average Bonchev–Trinajstić information content (AvgIpc) is 2.20. The number of aromatic nitrogens is 2. The summed E-state index contributed by atoms with van der Waals surface area (Å²) in [5.74, 6) is 0.0447. The Labute approximate surface area is 88.7 Å². The van der Waals surface area contributed by atoms with Gasteiger partial charge in [0.15, 0.2) is 0 Å². The molecule has 0 aliphatic heterocycles. The first-order valence-electron chi connectivity index (χ1n) is 4.90. The van der Waals surface area contributed by atoms with Gasteiger partial charge in [0.2, 0.25) is 5.82 Å². The van der Waals surface area contributed by atoms with Crippen molar-refractivity contribution in [2.45, 2.75) is 26.2 Å². The van der Waals surface area contributed by atoms with Gasteiger partial charge in [0, 0.05) is 6.42 Å². The van der Waals surface area contributed by atoms with Gasteiger partial charge in [0.25, 0.3) is 5.88 Å². The minimum absolute atomic E-state index is 0.00146. The number of halogens is 1. The monoisotopic (exact) mass is 213 g/mol. The maximum atomic E-state index is 13.7. The van der Waals surface area contributed by atoms with E-state index in [1.54, 1.807) is 0 Å². The van der Waals surface area contributed by atoms with Gasteiger partial charge in [-0.1, -0.05) is 13.8 Å². The number of ether oxygens (including phenoxy) is 1. The second kappa shape index (κ2) is 5.02. The number of rotatable bonds is 4. The predicted molar refractivity (Wildman–Crippen MR) is 55.4 cm³/mol. The summed E-state index contributed by atoms with van der Waals surface area (Å²) >= 11 is 0. The van der Waals surface area contributed by atoms with Crippen LogP contribution < -0.4 is 10.5 Å². The van der Waals surface area contributed by atoms with Crippen LogP contribution in [-0.2, 0) is 6.42 Å². The van der Waals surface area contributed by atoms with Crippen LogP contribution in [-0.4, -0.2) is 23.6 Å². The van der Waals surface area contributed by atoms with Gasteiger partial charge in [-0.15, -0.1) is 0 Å². The molecule has 1 heterocycles. The summed E-state index contributed by atoms with van der Waals surface area (Å²) in [7, 11) is 1.39. The predicted octanol–water partition coefficient (Wildman–Crippen LogP) is 1.25. The van der Waals surface area contributed by atoms with E-state index >= 15 is 0 Å². The van der Waals surface area contributed by atoms with E-state index in [1.807, 2.05) is 13.8 Å². The summed E-state index contributed by atoms with van der Waals surface area (Å²) < 4.78 is 18.5. The number of nitrogens with two attached hydrogens (primary N) is 1. The Kier molecular flexibility index (Phi) is 3.96. The fraction of sp³-hybridized carbons (Fsp3) is 0.600. The van der Waals surface area contributed by atoms with E-state index in [0.29, 0.717) is 24.5 Å². The smallest absolute Gasteiger partial charge is 0.253 e. The molecule has 15 heavy (non-hydrogen) atoms. The Morgan fingerprint density at radius 3 is 2.53 bits per heavy atom. The summed E-state index contributed by atoms with van der Waals surface area (Å²) in [5.41, 5.74) is 5.78. The normalized spacial score (nSPS) is 10.8. The highest BCUT2D eigenvalue weighted by Gasteiger charge is 2.16. The number of nitrogens with zero attached hydrogens (tertiary/aromatic N) is 2. The molecule has 0 aromatic carbocycles. The van der Waals surface area contributed by atoms with Crippen LogP contribution in [0.25, 0.3) is 0 Å². The molecule has 4 nitrogen and oxygen atoms in total. The van der Waals surface area contributed by atoms with Gasteiger partial charge in [-0.25, -0.2) is 4.98 Å². The quantitative estimate of drug-likeness (QED) is 0.817. The molecule has 0 saturated carbocycles. The molecule has 0 amide bonds. The van der Waals surface area contributed by atoms with Gasteiger partial charge in [-0.05, 0) is 12.5 Å². The zero-order valence-electron chi connectivity index (χ0n) is 9.25. The molecule has 0 atom stereocenters. The van der Waals surface area contributed by atoms with Crippen LogP contribution in [0.2, 0.25) is 0 Å². The third-order valence-electron chi connectivity index (χ3n) is 2.00. The Bertz CT molecular complexity index is 342. The highest BCUT2D eigenvalue weighted by Crippen LogP contribution is 2.22. The third kappa shape index (κ3) is 2.62. The minimum atomic E-state index is -0.478. The van der Waals surface area contributed by atoms with Crippen LogP contribution in [0.5, 0.6) is 5.88 Å². The Morgan fingerprint density at radius 2 is 2.07 bits per heavy atom. The molecule has 0 radical (unpaired) electrons. The van der Waals surface area contributed by atoms with Crippen LogP contribution >= 0.6 is 0 Å². The Hall–Kier alpha value is -1.23. The highest BCUT2D eigenvalue weighted by molar-refractivity contribution is 5.22. The first kappa shape index (κ1) is 11.8. The number of hydrogen-bond acceptors (Lipinski definition) is 4. The molecule has 0 aliphatic rings. The maximum Gasteiger partial charge on any atom is 0.253 e. The lowest BCUT2D eigenvalue weighted by atomic mass is 10.1. The van der Waals surface area contributed by atoms with Crippen molar-refractivity contribution in [2.75, 3.05) is 13.7 Å². The molecule has 2 N–H and O–H groups in total. The molecule has 1 aromatic rings. The van der Waals surface area contributed by atoms with Crippen molar-refractivity contribution in [1.82, 2.24) is 9.97 Å². The Morgan fingerprint density at radius 1 is 1.40 bits per heavy atom. The van der Waals surface area contributed by atoms with Gasteiger partial charge < -0.3 is 10.5 Å². The highest BCUT2D eigenvalue weighted by atomic mass is 19.1. The molecule has 84 valence electrons. The lowest BCUT2D eigenvalue weighted by Gasteiger charge is -2.10. The standard InChI is InChI=1S/C10H16FN3O/c1-6(2)9-8(11)10(15-3)14-7(13-9)4-5-12/h6H,4-5,12H2,1-3H3. The topological polar surface area (TPSA) is 61.0 Å². The molecule has 1 aromatic heterocycles. The second-order valence-electron chi connectivity index (χ2n) is 3.54. The zero-order valence-corrected chi connectivity index (χ0v) is 9.25. The maximum absolute atomic E-state index is 13.7. The minimum Gasteiger partial charge on any atom is -0.479 e. The molecular weight excluding hydrogens is 197 g/mol. The van der Waals surface area contributed by atoms with Crippen LogP contribution in [0.1, 0.15) is 31.3 Å². The first-order chi connectivity index (χ1) is 7.10. The van der Waals surface area contributed by atoms with E-state index in [2.05, 4.69) is 9.97 Å². The summed E-state index contributed by atoms with van der Waals surface area (Å²) in [6, 6.07) is 0. The Balaban J connectivity index is 3.19. The van der Waals surface area contributed by atoms with Crippen molar-refractivity contribution in [3.05, 3.63) is 17.3 Å². The lowest BCUT2D eigenvalue weighted by Crippen LogP contribution is -2.11. The van der Waals surface area contributed by atoms with Crippen LogP contribution in [0.4, 0.5) is 4.39 Å². The molecule has 0 saturated heterocycles. The van der Waals surface area contributed by atoms with Crippen molar-refractivity contribution in [3.8, 4) is 5.88 Å². The van der Waals surface area contributed by atoms with E-state index < -0.39 is 5.82 Å². The van der Waals surface area contributed by atoms with Gasteiger partial charge >= 0.3 is 0 Å². The molecular formula is C10H16FN3O. The number of hydrogen-bond donors (Lipinski definition) is 1. The largest absolute Gasteiger partial charge is 0.479 e. The fourth-order valence-corrected chi connectivity index (χ4v) is 1.25. The fourth-order valence-electron chi connectivity index (χ4n) is 1.25. The summed E-state index contributed by atoms with van der Waals surface area (Å²) in [4.78, 5) is 8.06. The van der Waals surface area contributed by atoms with Crippen LogP contribution in [0.15, 0.2) is 0 Å². The SMILES string of the molecule is COc1nc(CCN)nc(C(C)C)c1F. The third-order valence-corrected chi connectivity index (χ3v) is 2.00. The lowest BCUT2D eigenvalue weighted by molar-refractivity contribution is 0.360. The number of methoxy groups -OCH3 is 1. The second-order valence-corrected chi connectivity index (χ2v) is 3.54. The molecule has 1 rings (SSSR count). The van der Waals surface area contributed by atoms with Gasteiger partial charge in [0.1, 0.15) is 5.82 Å². The molecule has 5 heteroatoms. The van der Waals surface area contributed by atoms with Crippen molar-refractivity contribution in [2.24, 2.45) is 5.73 Å². The van der Waals surface area contributed by atoms with Crippen molar-refractivity contribution in [3.63, 3.8) is 0 Å². The van der Waals surface area contributed by atoms with E-state index in [1.165, 1.54) is 7.11 Å². The van der Waals surface area contributed by atoms with E-state index in [0.717, 1.165) is 0 Å². The molecule has 0 aliphatic carbocycles. The molecule has 0 unspecified atom stereocenters. The van der Waals surface area contributed by atoms with E-state index in [9.17, 15) is 4.39 Å². The summed E-state index contributed by atoms with van der Waals surface area (Å²) in [6.07, 6.45) is 0.524. The zero-order chi connectivity index (χ0) is 11.4. The van der Waals surface area contributed by atoms with Crippen LogP contribution in [0, 0.1) is 5.82 Å². The van der Waals surface area contributed by atoms with E-state index in [-0.39, 0.29) is 11.8 Å². The summed E-state index contributed by atoms with van der Waals surface area (Å²) in [6.45, 7) is 4.18. The average molecular weight is 213 g/mol. The van der Waals surface area contributed by atoms with E-state index in [4.69, 9.17) is 10.5 Å². The van der Waals surface area contributed by atoms with Crippen molar-refractivity contribution in [1.29, 1.82) is 0 Å². The van der Waals surface area contributed by atoms with Gasteiger partial charge in [0.05, 0.1) is 12.8 Å². The van der Waals surface area contributed by atoms with Crippen molar-refractivity contribution >= 4 is 0 Å². The van der Waals surface area contributed by atoms with Crippen molar-refractivity contribution < 1.29 is 9.13 Å². The van der Waals surface area contributed by atoms with Gasteiger partial charge in [-0.2, -0.15) is 9.37 Å².